The van der Waals surface area contributed by atoms with E-state index in [9.17, 15) is 8.78 Å². The van der Waals surface area contributed by atoms with Crippen LogP contribution in [0.1, 0.15) is 18.4 Å². The van der Waals surface area contributed by atoms with Crippen molar-refractivity contribution in [2.75, 3.05) is 13.7 Å². The van der Waals surface area contributed by atoms with Crippen molar-refractivity contribution in [3.63, 3.8) is 0 Å². The fraction of sp³-hybridized carbons (Fsp3) is 0.417. The Labute approximate surface area is 93.0 Å². The van der Waals surface area contributed by atoms with Crippen molar-refractivity contribution in [1.82, 2.24) is 0 Å². The van der Waals surface area contributed by atoms with Gasteiger partial charge in [0.2, 0.25) is 0 Å². The van der Waals surface area contributed by atoms with E-state index in [1.165, 1.54) is 12.1 Å². The number of aliphatic imine (C=N–C) groups is 1. The molecule has 0 saturated carbocycles. The minimum absolute atomic E-state index is 0.000139. The van der Waals surface area contributed by atoms with Crippen LogP contribution in [0.5, 0.6) is 0 Å². The summed E-state index contributed by atoms with van der Waals surface area (Å²) in [6, 6.07) is 3.60. The third kappa shape index (κ3) is 1.92. The molecule has 2 atom stereocenters. The molecule has 0 saturated heterocycles. The first-order valence-corrected chi connectivity index (χ1v) is 5.16. The van der Waals surface area contributed by atoms with E-state index in [2.05, 4.69) is 4.99 Å². The van der Waals surface area contributed by atoms with Gasteiger partial charge in [-0.25, -0.2) is 8.78 Å². The molecule has 0 aromatic heterocycles. The summed E-state index contributed by atoms with van der Waals surface area (Å²) < 4.78 is 31.3. The van der Waals surface area contributed by atoms with E-state index < -0.39 is 11.6 Å². The summed E-state index contributed by atoms with van der Waals surface area (Å²) in [5, 5.41) is 0. The summed E-state index contributed by atoms with van der Waals surface area (Å²) in [5.74, 6) is -0.387. The highest BCUT2D eigenvalue weighted by Crippen LogP contribution is 2.32. The zero-order chi connectivity index (χ0) is 11.7. The summed E-state index contributed by atoms with van der Waals surface area (Å²) in [5.41, 5.74) is 0.640. The SMILES string of the molecule is COC1=NCC(c2cc(F)cc(F)c2)C1C. The molecule has 86 valence electrons. The van der Waals surface area contributed by atoms with Crippen LogP contribution in [0.3, 0.4) is 0 Å². The minimum atomic E-state index is -0.548. The van der Waals surface area contributed by atoms with Gasteiger partial charge in [-0.15, -0.1) is 0 Å². The second kappa shape index (κ2) is 4.20. The van der Waals surface area contributed by atoms with Gasteiger partial charge in [0.25, 0.3) is 0 Å². The topological polar surface area (TPSA) is 21.6 Å². The quantitative estimate of drug-likeness (QED) is 0.720. The standard InChI is InChI=1S/C12H13F2NO/c1-7-11(6-15-12(7)16-2)8-3-9(13)5-10(14)4-8/h3-5,7,11H,6H2,1-2H3. The summed E-state index contributed by atoms with van der Waals surface area (Å²) in [7, 11) is 1.56. The van der Waals surface area contributed by atoms with E-state index in [1.54, 1.807) is 7.11 Å². The monoisotopic (exact) mass is 225 g/mol. The van der Waals surface area contributed by atoms with Gasteiger partial charge in [-0.1, -0.05) is 6.92 Å². The zero-order valence-corrected chi connectivity index (χ0v) is 9.21. The van der Waals surface area contributed by atoms with E-state index in [-0.39, 0.29) is 11.8 Å². The third-order valence-corrected chi connectivity index (χ3v) is 2.96. The molecule has 0 fully saturated rings. The number of ether oxygens (including phenoxy) is 1. The molecule has 2 nitrogen and oxygen atoms in total. The zero-order valence-electron chi connectivity index (χ0n) is 9.21. The Morgan fingerprint density at radius 2 is 1.88 bits per heavy atom. The Morgan fingerprint density at radius 3 is 2.38 bits per heavy atom. The van der Waals surface area contributed by atoms with Gasteiger partial charge in [0, 0.05) is 17.9 Å². The number of rotatable bonds is 1. The van der Waals surface area contributed by atoms with E-state index in [1.807, 2.05) is 6.92 Å². The number of hydrogen-bond donors (Lipinski definition) is 0. The van der Waals surface area contributed by atoms with Gasteiger partial charge in [0.15, 0.2) is 5.90 Å². The first-order chi connectivity index (χ1) is 7.61. The molecule has 1 aromatic rings. The predicted octanol–water partition coefficient (Wildman–Crippen LogP) is 2.74. The molecule has 2 rings (SSSR count). The van der Waals surface area contributed by atoms with Crippen LogP contribution in [0.4, 0.5) is 8.78 Å². The smallest absolute Gasteiger partial charge is 0.186 e. The molecule has 1 aliphatic heterocycles. The Balaban J connectivity index is 2.27. The summed E-state index contributed by atoms with van der Waals surface area (Å²) in [6.45, 7) is 2.47. The summed E-state index contributed by atoms with van der Waals surface area (Å²) >= 11 is 0. The van der Waals surface area contributed by atoms with Crippen LogP contribution in [0.15, 0.2) is 23.2 Å². The molecule has 0 radical (unpaired) electrons. The van der Waals surface area contributed by atoms with Crippen molar-refractivity contribution in [3.05, 3.63) is 35.4 Å². The van der Waals surface area contributed by atoms with E-state index in [0.29, 0.717) is 18.0 Å². The minimum Gasteiger partial charge on any atom is -0.484 e. The molecule has 0 amide bonds. The largest absolute Gasteiger partial charge is 0.484 e. The molecule has 0 aliphatic carbocycles. The van der Waals surface area contributed by atoms with E-state index >= 15 is 0 Å². The Hall–Kier alpha value is -1.45. The average Bonchev–Trinajstić information content (AvgIpc) is 2.58. The highest BCUT2D eigenvalue weighted by molar-refractivity contribution is 5.81. The van der Waals surface area contributed by atoms with Crippen molar-refractivity contribution >= 4 is 5.90 Å². The van der Waals surface area contributed by atoms with E-state index in [4.69, 9.17) is 4.74 Å². The highest BCUT2D eigenvalue weighted by atomic mass is 19.1. The van der Waals surface area contributed by atoms with Crippen molar-refractivity contribution in [2.45, 2.75) is 12.8 Å². The molecule has 2 unspecified atom stereocenters. The summed E-state index contributed by atoms with van der Waals surface area (Å²) in [6.07, 6.45) is 0. The van der Waals surface area contributed by atoms with Gasteiger partial charge < -0.3 is 4.74 Å². The summed E-state index contributed by atoms with van der Waals surface area (Å²) in [4.78, 5) is 4.20. The normalized spacial score (nSPS) is 24.4. The number of nitrogens with zero attached hydrogens (tertiary/aromatic N) is 1. The molecule has 1 aromatic carbocycles. The Bertz CT molecular complexity index is 411. The maximum absolute atomic E-state index is 13.1. The lowest BCUT2D eigenvalue weighted by molar-refractivity contribution is 0.372. The first-order valence-electron chi connectivity index (χ1n) is 5.16. The fourth-order valence-corrected chi connectivity index (χ4v) is 2.10. The lowest BCUT2D eigenvalue weighted by atomic mass is 9.89. The molecule has 1 aliphatic rings. The van der Waals surface area contributed by atoms with Crippen LogP contribution in [-0.4, -0.2) is 19.6 Å². The first kappa shape index (κ1) is 11.0. The van der Waals surface area contributed by atoms with Crippen LogP contribution in [0.25, 0.3) is 0 Å². The van der Waals surface area contributed by atoms with Crippen LogP contribution in [0.2, 0.25) is 0 Å². The molecule has 4 heteroatoms. The molecule has 0 N–H and O–H groups in total. The lowest BCUT2D eigenvalue weighted by Gasteiger charge is -2.16. The van der Waals surface area contributed by atoms with Crippen LogP contribution < -0.4 is 0 Å². The molecule has 0 spiro atoms. The molecule has 16 heavy (non-hydrogen) atoms. The second-order valence-corrected chi connectivity index (χ2v) is 3.98. The molecular formula is C12H13F2NO. The Kier molecular flexibility index (Phi) is 2.90. The van der Waals surface area contributed by atoms with Crippen molar-refractivity contribution < 1.29 is 13.5 Å². The van der Waals surface area contributed by atoms with Gasteiger partial charge in [-0.3, -0.25) is 4.99 Å². The maximum Gasteiger partial charge on any atom is 0.186 e. The maximum atomic E-state index is 13.1. The number of methoxy groups -OCH3 is 1. The van der Waals surface area contributed by atoms with Crippen molar-refractivity contribution in [1.29, 1.82) is 0 Å². The lowest BCUT2D eigenvalue weighted by Crippen LogP contribution is -2.15. The van der Waals surface area contributed by atoms with Crippen LogP contribution >= 0.6 is 0 Å². The van der Waals surface area contributed by atoms with Gasteiger partial charge >= 0.3 is 0 Å². The Morgan fingerprint density at radius 1 is 1.25 bits per heavy atom. The molecule has 1 heterocycles. The number of halogens is 2. The highest BCUT2D eigenvalue weighted by Gasteiger charge is 2.30. The molecule has 0 bridgehead atoms. The second-order valence-electron chi connectivity index (χ2n) is 3.98. The van der Waals surface area contributed by atoms with Crippen LogP contribution in [-0.2, 0) is 4.74 Å². The molecular weight excluding hydrogens is 212 g/mol. The van der Waals surface area contributed by atoms with Crippen molar-refractivity contribution in [3.8, 4) is 0 Å². The number of hydrogen-bond acceptors (Lipinski definition) is 2. The van der Waals surface area contributed by atoms with Gasteiger partial charge in [0.1, 0.15) is 11.6 Å². The van der Waals surface area contributed by atoms with Crippen molar-refractivity contribution in [2.24, 2.45) is 10.9 Å². The fourth-order valence-electron chi connectivity index (χ4n) is 2.10. The number of benzene rings is 1. The van der Waals surface area contributed by atoms with Gasteiger partial charge in [-0.2, -0.15) is 0 Å². The van der Waals surface area contributed by atoms with E-state index in [0.717, 1.165) is 6.07 Å². The average molecular weight is 225 g/mol. The predicted molar refractivity (Wildman–Crippen MR) is 57.6 cm³/mol. The van der Waals surface area contributed by atoms with Gasteiger partial charge in [-0.05, 0) is 17.7 Å². The van der Waals surface area contributed by atoms with Gasteiger partial charge in [0.05, 0.1) is 13.7 Å². The third-order valence-electron chi connectivity index (χ3n) is 2.96. The van der Waals surface area contributed by atoms with Crippen LogP contribution in [0, 0.1) is 17.6 Å².